The quantitative estimate of drug-likeness (QED) is 0.673. The molecular weight excluding hydrogens is 424 g/mol. The number of ether oxygens (including phenoxy) is 1. The fourth-order valence-electron chi connectivity index (χ4n) is 3.29. The van der Waals surface area contributed by atoms with Gasteiger partial charge in [0.25, 0.3) is 5.91 Å². The number of carbonyl (C=O) groups is 2. The van der Waals surface area contributed by atoms with E-state index >= 15 is 0 Å². The number of hydrogen-bond acceptors (Lipinski definition) is 5. The SMILES string of the molecule is C[C@@H]1CC(=O)Nc2ccccc2N1C(=O)COc1ncnc2ccc(Br)cc12. The average molecular weight is 441 g/mol. The standard InChI is InChI=1S/C20H17BrN4O3/c1-12-8-18(26)24-16-4-2-3-5-17(16)25(12)19(27)10-28-20-14-9-13(21)6-7-15(14)22-11-23-20/h2-7,9,11-12H,8,10H2,1H3,(H,24,26)/t12-/m1/s1. The highest BCUT2D eigenvalue weighted by atomic mass is 79.9. The minimum absolute atomic E-state index is 0.122. The lowest BCUT2D eigenvalue weighted by atomic mass is 10.1. The van der Waals surface area contributed by atoms with Gasteiger partial charge in [-0.05, 0) is 37.3 Å². The maximum Gasteiger partial charge on any atom is 0.265 e. The molecule has 0 fully saturated rings. The number of nitrogens with one attached hydrogen (secondary N) is 1. The molecule has 2 aromatic carbocycles. The van der Waals surface area contributed by atoms with Crippen molar-refractivity contribution in [1.29, 1.82) is 0 Å². The predicted octanol–water partition coefficient (Wildman–Crippen LogP) is 3.54. The fourth-order valence-corrected chi connectivity index (χ4v) is 3.65. The number of rotatable bonds is 3. The van der Waals surface area contributed by atoms with E-state index in [1.54, 1.807) is 11.0 Å². The fraction of sp³-hybridized carbons (Fsp3) is 0.200. The molecule has 0 radical (unpaired) electrons. The second-order valence-electron chi connectivity index (χ2n) is 6.51. The van der Waals surface area contributed by atoms with Crippen molar-refractivity contribution < 1.29 is 14.3 Å². The number of amides is 2. The Morgan fingerprint density at radius 3 is 2.96 bits per heavy atom. The van der Waals surface area contributed by atoms with Crippen LogP contribution in [-0.4, -0.2) is 34.4 Å². The largest absolute Gasteiger partial charge is 0.467 e. The molecule has 0 spiro atoms. The number of halogens is 1. The first kappa shape index (κ1) is 18.4. The normalized spacial score (nSPS) is 16.3. The summed E-state index contributed by atoms with van der Waals surface area (Å²) in [4.78, 5) is 35.1. The van der Waals surface area contributed by atoms with Crippen molar-refractivity contribution in [3.8, 4) is 5.88 Å². The summed E-state index contributed by atoms with van der Waals surface area (Å²) in [5.41, 5.74) is 2.00. The van der Waals surface area contributed by atoms with Crippen LogP contribution >= 0.6 is 15.9 Å². The van der Waals surface area contributed by atoms with E-state index in [1.165, 1.54) is 6.33 Å². The zero-order chi connectivity index (χ0) is 19.7. The third-order valence-corrected chi connectivity index (χ3v) is 5.01. The molecule has 2 amide bonds. The summed E-state index contributed by atoms with van der Waals surface area (Å²) in [5.74, 6) is -0.0365. The Kier molecular flexibility index (Phi) is 4.95. The van der Waals surface area contributed by atoms with E-state index < -0.39 is 0 Å². The second-order valence-corrected chi connectivity index (χ2v) is 7.43. The van der Waals surface area contributed by atoms with Gasteiger partial charge in [-0.1, -0.05) is 28.1 Å². The maximum atomic E-state index is 13.0. The molecule has 1 aliphatic heterocycles. The number of nitrogens with zero attached hydrogens (tertiary/aromatic N) is 3. The van der Waals surface area contributed by atoms with Crippen LogP contribution in [0.4, 0.5) is 11.4 Å². The topological polar surface area (TPSA) is 84.4 Å². The van der Waals surface area contributed by atoms with Crippen LogP contribution in [0.1, 0.15) is 13.3 Å². The van der Waals surface area contributed by atoms with E-state index in [1.807, 2.05) is 43.3 Å². The summed E-state index contributed by atoms with van der Waals surface area (Å²) < 4.78 is 6.62. The van der Waals surface area contributed by atoms with Crippen molar-refractivity contribution in [3.63, 3.8) is 0 Å². The number of aromatic nitrogens is 2. The van der Waals surface area contributed by atoms with E-state index in [-0.39, 0.29) is 30.9 Å². The van der Waals surface area contributed by atoms with Crippen molar-refractivity contribution in [1.82, 2.24) is 9.97 Å². The molecule has 0 unspecified atom stereocenters. The van der Waals surface area contributed by atoms with Gasteiger partial charge in [0.2, 0.25) is 11.8 Å². The molecule has 2 heterocycles. The van der Waals surface area contributed by atoms with Crippen LogP contribution in [-0.2, 0) is 9.59 Å². The molecule has 28 heavy (non-hydrogen) atoms. The molecule has 1 aromatic heterocycles. The molecule has 142 valence electrons. The highest BCUT2D eigenvalue weighted by Gasteiger charge is 2.29. The van der Waals surface area contributed by atoms with Crippen LogP contribution in [0, 0.1) is 0 Å². The van der Waals surface area contributed by atoms with Crippen LogP contribution in [0.5, 0.6) is 5.88 Å². The Balaban J connectivity index is 1.60. The molecule has 7 nitrogen and oxygen atoms in total. The first-order valence-corrected chi connectivity index (χ1v) is 9.56. The zero-order valence-electron chi connectivity index (χ0n) is 15.1. The molecular formula is C20H17BrN4O3. The van der Waals surface area contributed by atoms with E-state index in [0.717, 1.165) is 9.99 Å². The van der Waals surface area contributed by atoms with Gasteiger partial charge in [0.1, 0.15) is 6.33 Å². The number of hydrogen-bond donors (Lipinski definition) is 1. The van der Waals surface area contributed by atoms with Gasteiger partial charge in [-0.2, -0.15) is 0 Å². The first-order valence-electron chi connectivity index (χ1n) is 8.77. The van der Waals surface area contributed by atoms with Gasteiger partial charge in [0, 0.05) is 16.9 Å². The van der Waals surface area contributed by atoms with Gasteiger partial charge in [-0.3, -0.25) is 9.59 Å². The summed E-state index contributed by atoms with van der Waals surface area (Å²) in [5, 5.41) is 3.56. The van der Waals surface area contributed by atoms with Gasteiger partial charge in [-0.25, -0.2) is 9.97 Å². The minimum Gasteiger partial charge on any atom is -0.467 e. The summed E-state index contributed by atoms with van der Waals surface area (Å²) in [6, 6.07) is 12.5. The van der Waals surface area contributed by atoms with E-state index in [9.17, 15) is 9.59 Å². The van der Waals surface area contributed by atoms with Crippen molar-refractivity contribution >= 4 is 50.0 Å². The number of para-hydroxylation sites is 2. The third kappa shape index (κ3) is 3.55. The Hall–Kier alpha value is -3.00. The Morgan fingerprint density at radius 2 is 2.11 bits per heavy atom. The van der Waals surface area contributed by atoms with Gasteiger partial charge in [-0.15, -0.1) is 0 Å². The van der Waals surface area contributed by atoms with Crippen molar-refractivity contribution in [2.45, 2.75) is 19.4 Å². The van der Waals surface area contributed by atoms with Crippen molar-refractivity contribution in [2.75, 3.05) is 16.8 Å². The average Bonchev–Trinajstić information content (AvgIpc) is 2.80. The highest BCUT2D eigenvalue weighted by Crippen LogP contribution is 2.31. The predicted molar refractivity (Wildman–Crippen MR) is 109 cm³/mol. The molecule has 3 aromatic rings. The van der Waals surface area contributed by atoms with E-state index in [4.69, 9.17) is 4.74 Å². The Bertz CT molecular complexity index is 1070. The molecule has 0 saturated carbocycles. The van der Waals surface area contributed by atoms with Crippen LogP contribution < -0.4 is 15.0 Å². The number of fused-ring (bicyclic) bond motifs is 2. The zero-order valence-corrected chi connectivity index (χ0v) is 16.6. The molecule has 1 N–H and O–H groups in total. The number of benzene rings is 2. The van der Waals surface area contributed by atoms with E-state index in [0.29, 0.717) is 22.6 Å². The molecule has 0 saturated heterocycles. The Morgan fingerprint density at radius 1 is 1.29 bits per heavy atom. The third-order valence-electron chi connectivity index (χ3n) is 4.52. The molecule has 0 bridgehead atoms. The molecule has 0 aliphatic carbocycles. The van der Waals surface area contributed by atoms with Gasteiger partial charge in [0.05, 0.1) is 22.3 Å². The van der Waals surface area contributed by atoms with Gasteiger partial charge >= 0.3 is 0 Å². The lowest BCUT2D eigenvalue weighted by Gasteiger charge is -2.27. The van der Waals surface area contributed by atoms with E-state index in [2.05, 4.69) is 31.2 Å². The van der Waals surface area contributed by atoms with Gasteiger partial charge < -0.3 is 15.0 Å². The second kappa shape index (κ2) is 7.55. The van der Waals surface area contributed by atoms with Crippen LogP contribution in [0.2, 0.25) is 0 Å². The van der Waals surface area contributed by atoms with Crippen molar-refractivity contribution in [3.05, 3.63) is 53.3 Å². The lowest BCUT2D eigenvalue weighted by molar-refractivity contribution is -0.121. The number of anilines is 2. The highest BCUT2D eigenvalue weighted by molar-refractivity contribution is 9.10. The molecule has 4 rings (SSSR count). The summed E-state index contributed by atoms with van der Waals surface area (Å²) >= 11 is 3.42. The Labute approximate surface area is 169 Å². The molecule has 8 heteroatoms. The first-order chi connectivity index (χ1) is 13.5. The van der Waals surface area contributed by atoms with Gasteiger partial charge in [0.15, 0.2) is 6.61 Å². The minimum atomic E-state index is -0.295. The monoisotopic (exact) mass is 440 g/mol. The maximum absolute atomic E-state index is 13.0. The summed E-state index contributed by atoms with van der Waals surface area (Å²) in [6.45, 7) is 1.64. The van der Waals surface area contributed by atoms with Crippen molar-refractivity contribution in [2.24, 2.45) is 0 Å². The lowest BCUT2D eigenvalue weighted by Crippen LogP contribution is -2.41. The van der Waals surface area contributed by atoms with Crippen LogP contribution in [0.3, 0.4) is 0 Å². The van der Waals surface area contributed by atoms with Crippen LogP contribution in [0.15, 0.2) is 53.3 Å². The smallest absolute Gasteiger partial charge is 0.265 e. The summed E-state index contributed by atoms with van der Waals surface area (Å²) in [7, 11) is 0. The molecule has 1 atom stereocenters. The summed E-state index contributed by atoms with van der Waals surface area (Å²) in [6.07, 6.45) is 1.62. The van der Waals surface area contributed by atoms with Crippen LogP contribution in [0.25, 0.3) is 10.9 Å². The number of carbonyl (C=O) groups excluding carboxylic acids is 2. The molecule has 1 aliphatic rings.